The fourth-order valence-electron chi connectivity index (χ4n) is 1.76. The van der Waals surface area contributed by atoms with Gasteiger partial charge in [-0.25, -0.2) is 0 Å². The Labute approximate surface area is 83.6 Å². The second-order valence-electron chi connectivity index (χ2n) is 3.61. The maximum atomic E-state index is 11.3. The van der Waals surface area contributed by atoms with Crippen LogP contribution in [0.15, 0.2) is 0 Å². The number of primary amides is 1. The van der Waals surface area contributed by atoms with Gasteiger partial charge in [0.1, 0.15) is 0 Å². The molecule has 1 heterocycles. The van der Waals surface area contributed by atoms with Gasteiger partial charge in [-0.3, -0.25) is 9.59 Å². The molecule has 0 radical (unpaired) electrons. The van der Waals surface area contributed by atoms with E-state index in [2.05, 4.69) is 5.32 Å². The average molecular weight is 199 g/mol. The maximum Gasteiger partial charge on any atom is 0.237 e. The summed E-state index contributed by atoms with van der Waals surface area (Å²) >= 11 is 0. The normalized spacial score (nSPS) is 21.6. The molecule has 1 saturated heterocycles. The number of nitrogens with one attached hydrogen (secondary N) is 1. The Bertz CT molecular complexity index is 224. The largest absolute Gasteiger partial charge is 0.368 e. The number of nitrogens with zero attached hydrogens (tertiary/aromatic N) is 1. The van der Waals surface area contributed by atoms with Gasteiger partial charge >= 0.3 is 0 Å². The van der Waals surface area contributed by atoms with E-state index in [-0.39, 0.29) is 18.5 Å². The molecule has 1 fully saturated rings. The Balaban J connectivity index is 2.56. The van der Waals surface area contributed by atoms with E-state index in [9.17, 15) is 9.59 Å². The predicted octanol–water partition coefficient (Wildman–Crippen LogP) is -0.928. The van der Waals surface area contributed by atoms with Crippen LogP contribution in [0, 0.1) is 0 Å². The number of hydrogen-bond donors (Lipinski definition) is 2. The van der Waals surface area contributed by atoms with E-state index in [0.29, 0.717) is 0 Å². The topological polar surface area (TPSA) is 75.4 Å². The number of rotatable bonds is 3. The third kappa shape index (κ3) is 2.99. The van der Waals surface area contributed by atoms with Crippen molar-refractivity contribution in [2.75, 3.05) is 19.6 Å². The smallest absolute Gasteiger partial charge is 0.237 e. The summed E-state index contributed by atoms with van der Waals surface area (Å²) < 4.78 is 0. The van der Waals surface area contributed by atoms with Crippen LogP contribution >= 0.6 is 0 Å². The van der Waals surface area contributed by atoms with Gasteiger partial charge in [0.25, 0.3) is 0 Å². The molecule has 1 unspecified atom stereocenters. The summed E-state index contributed by atoms with van der Waals surface area (Å²) in [6.45, 7) is 3.24. The molecule has 1 rings (SSSR count). The lowest BCUT2D eigenvalue weighted by atomic mass is 10.1. The highest BCUT2D eigenvalue weighted by Crippen LogP contribution is 2.09. The molecule has 1 aliphatic rings. The average Bonchev–Trinajstić information content (AvgIpc) is 2.15. The first kappa shape index (κ1) is 11.0. The minimum absolute atomic E-state index is 0.0294. The number of carbonyl (C=O) groups is 2. The van der Waals surface area contributed by atoms with Crippen molar-refractivity contribution in [3.05, 3.63) is 0 Å². The van der Waals surface area contributed by atoms with Crippen LogP contribution in [0.2, 0.25) is 0 Å². The standard InChI is InChI=1S/C9H17N3O2/c1-7(13)12(6-9(10)14)8-3-2-4-11-5-8/h8,11H,2-6H2,1H3,(H2,10,14). The molecular formula is C9H17N3O2. The Hall–Kier alpha value is -1.10. The molecule has 0 aliphatic carbocycles. The highest BCUT2D eigenvalue weighted by Gasteiger charge is 2.23. The summed E-state index contributed by atoms with van der Waals surface area (Å²) in [5.41, 5.74) is 5.08. The summed E-state index contributed by atoms with van der Waals surface area (Å²) in [5, 5.41) is 3.20. The molecule has 0 spiro atoms. The Morgan fingerprint density at radius 2 is 2.29 bits per heavy atom. The van der Waals surface area contributed by atoms with E-state index >= 15 is 0 Å². The third-order valence-corrected chi connectivity index (χ3v) is 2.44. The molecule has 0 bridgehead atoms. The van der Waals surface area contributed by atoms with Crippen LogP contribution < -0.4 is 11.1 Å². The van der Waals surface area contributed by atoms with Gasteiger partial charge in [-0.05, 0) is 19.4 Å². The molecule has 0 aromatic rings. The van der Waals surface area contributed by atoms with E-state index in [0.717, 1.165) is 25.9 Å². The molecule has 1 aliphatic heterocycles. The van der Waals surface area contributed by atoms with Crippen LogP contribution in [0.1, 0.15) is 19.8 Å². The molecule has 5 heteroatoms. The Kier molecular flexibility index (Phi) is 3.88. The minimum Gasteiger partial charge on any atom is -0.368 e. The van der Waals surface area contributed by atoms with Crippen molar-refractivity contribution in [1.29, 1.82) is 0 Å². The number of hydrogen-bond acceptors (Lipinski definition) is 3. The molecule has 0 saturated carbocycles. The quantitative estimate of drug-likeness (QED) is 0.616. The summed E-state index contributed by atoms with van der Waals surface area (Å²) in [7, 11) is 0. The molecule has 14 heavy (non-hydrogen) atoms. The molecular weight excluding hydrogens is 182 g/mol. The van der Waals surface area contributed by atoms with Crippen molar-refractivity contribution in [2.45, 2.75) is 25.8 Å². The first-order valence-electron chi connectivity index (χ1n) is 4.87. The lowest BCUT2D eigenvalue weighted by Crippen LogP contribution is -2.50. The van der Waals surface area contributed by atoms with E-state index in [1.807, 2.05) is 0 Å². The van der Waals surface area contributed by atoms with Gasteiger partial charge in [0.05, 0.1) is 6.54 Å². The van der Waals surface area contributed by atoms with Crippen LogP contribution in [0.25, 0.3) is 0 Å². The van der Waals surface area contributed by atoms with Gasteiger partial charge in [0.15, 0.2) is 0 Å². The molecule has 1 atom stereocenters. The van der Waals surface area contributed by atoms with Crippen molar-refractivity contribution in [3.8, 4) is 0 Å². The zero-order chi connectivity index (χ0) is 10.6. The number of nitrogens with two attached hydrogens (primary N) is 1. The summed E-state index contributed by atoms with van der Waals surface area (Å²) in [5.74, 6) is -0.539. The fourth-order valence-corrected chi connectivity index (χ4v) is 1.76. The molecule has 2 amide bonds. The summed E-state index contributed by atoms with van der Waals surface area (Å²) in [6.07, 6.45) is 1.98. The van der Waals surface area contributed by atoms with Crippen LogP contribution in [-0.4, -0.2) is 42.4 Å². The SMILES string of the molecule is CC(=O)N(CC(N)=O)C1CCCNC1. The van der Waals surface area contributed by atoms with Crippen molar-refractivity contribution >= 4 is 11.8 Å². The van der Waals surface area contributed by atoms with Crippen LogP contribution in [0.3, 0.4) is 0 Å². The van der Waals surface area contributed by atoms with Gasteiger partial charge in [0.2, 0.25) is 11.8 Å². The molecule has 3 N–H and O–H groups in total. The number of amides is 2. The van der Waals surface area contributed by atoms with Crippen LogP contribution in [0.5, 0.6) is 0 Å². The van der Waals surface area contributed by atoms with Crippen molar-refractivity contribution in [3.63, 3.8) is 0 Å². The second kappa shape index (κ2) is 4.95. The molecule has 0 aromatic heterocycles. The number of carbonyl (C=O) groups excluding carboxylic acids is 2. The first-order valence-corrected chi connectivity index (χ1v) is 4.87. The predicted molar refractivity (Wildman–Crippen MR) is 52.5 cm³/mol. The molecule has 80 valence electrons. The maximum absolute atomic E-state index is 11.3. The lowest BCUT2D eigenvalue weighted by Gasteiger charge is -2.33. The third-order valence-electron chi connectivity index (χ3n) is 2.44. The Morgan fingerprint density at radius 1 is 1.57 bits per heavy atom. The zero-order valence-electron chi connectivity index (χ0n) is 8.45. The van der Waals surface area contributed by atoms with E-state index in [1.54, 1.807) is 4.90 Å². The first-order chi connectivity index (χ1) is 6.61. The molecule has 0 aromatic carbocycles. The summed E-state index contributed by atoms with van der Waals surface area (Å²) in [4.78, 5) is 23.6. The summed E-state index contributed by atoms with van der Waals surface area (Å²) in [6, 6.07) is 0.119. The van der Waals surface area contributed by atoms with E-state index in [1.165, 1.54) is 6.92 Å². The van der Waals surface area contributed by atoms with E-state index in [4.69, 9.17) is 5.73 Å². The second-order valence-corrected chi connectivity index (χ2v) is 3.61. The van der Waals surface area contributed by atoms with Gasteiger partial charge < -0.3 is 16.0 Å². The Morgan fingerprint density at radius 3 is 2.71 bits per heavy atom. The highest BCUT2D eigenvalue weighted by molar-refractivity contribution is 5.82. The van der Waals surface area contributed by atoms with Gasteiger partial charge in [-0.2, -0.15) is 0 Å². The monoisotopic (exact) mass is 199 g/mol. The zero-order valence-corrected chi connectivity index (χ0v) is 8.45. The number of piperidine rings is 1. The fraction of sp³-hybridized carbons (Fsp3) is 0.778. The van der Waals surface area contributed by atoms with E-state index < -0.39 is 5.91 Å². The van der Waals surface area contributed by atoms with Gasteiger partial charge in [-0.15, -0.1) is 0 Å². The minimum atomic E-state index is -0.453. The van der Waals surface area contributed by atoms with Gasteiger partial charge in [-0.1, -0.05) is 0 Å². The van der Waals surface area contributed by atoms with Crippen molar-refractivity contribution in [2.24, 2.45) is 5.73 Å². The van der Waals surface area contributed by atoms with Crippen LogP contribution in [-0.2, 0) is 9.59 Å². The van der Waals surface area contributed by atoms with Crippen molar-refractivity contribution in [1.82, 2.24) is 10.2 Å². The van der Waals surface area contributed by atoms with Crippen molar-refractivity contribution < 1.29 is 9.59 Å². The molecule has 5 nitrogen and oxygen atoms in total. The van der Waals surface area contributed by atoms with Gasteiger partial charge in [0, 0.05) is 19.5 Å². The lowest BCUT2D eigenvalue weighted by molar-refractivity contribution is -0.136. The van der Waals surface area contributed by atoms with Crippen LogP contribution in [0.4, 0.5) is 0 Å². The highest BCUT2D eigenvalue weighted by atomic mass is 16.2.